The first-order chi connectivity index (χ1) is 11.0. The third kappa shape index (κ3) is 3.03. The molecule has 8 heteroatoms. The zero-order valence-electron chi connectivity index (χ0n) is 12.7. The predicted octanol–water partition coefficient (Wildman–Crippen LogP) is 2.04. The molecule has 8 nitrogen and oxygen atoms in total. The molecule has 2 rings (SSSR count). The van der Waals surface area contributed by atoms with Crippen LogP contribution in [0.5, 0.6) is 5.88 Å². The van der Waals surface area contributed by atoms with E-state index >= 15 is 0 Å². The van der Waals surface area contributed by atoms with Crippen molar-refractivity contribution in [2.45, 2.75) is 26.9 Å². The maximum atomic E-state index is 12.2. The van der Waals surface area contributed by atoms with Gasteiger partial charge in [-0.15, -0.1) is 5.11 Å². The molecule has 1 N–H and O–H groups in total. The number of hydrogen-bond acceptors (Lipinski definition) is 6. The fourth-order valence-corrected chi connectivity index (χ4v) is 2.04. The van der Waals surface area contributed by atoms with E-state index in [0.29, 0.717) is 11.3 Å². The summed E-state index contributed by atoms with van der Waals surface area (Å²) in [6.45, 7) is 3.69. The molecule has 0 aliphatic rings. The summed E-state index contributed by atoms with van der Waals surface area (Å²) in [7, 11) is 0. The largest absolute Gasteiger partial charge is 0.493 e. The van der Waals surface area contributed by atoms with Gasteiger partial charge < -0.3 is 5.11 Å². The first kappa shape index (κ1) is 16.2. The lowest BCUT2D eigenvalue weighted by molar-refractivity contribution is 0.397. The molecule has 0 amide bonds. The van der Waals surface area contributed by atoms with Crippen LogP contribution < -0.4 is 11.2 Å². The van der Waals surface area contributed by atoms with Crippen LogP contribution in [0, 0.1) is 11.3 Å². The molecular formula is C15H15N5O3. The van der Waals surface area contributed by atoms with Gasteiger partial charge in [0.2, 0.25) is 11.6 Å². The van der Waals surface area contributed by atoms with Crippen LogP contribution in [0.25, 0.3) is 0 Å². The van der Waals surface area contributed by atoms with E-state index in [1.165, 1.54) is 0 Å². The van der Waals surface area contributed by atoms with Crippen LogP contribution >= 0.6 is 0 Å². The molecule has 1 aromatic carbocycles. The van der Waals surface area contributed by atoms with Crippen molar-refractivity contribution >= 4 is 11.4 Å². The topological polar surface area (TPSA) is 113 Å². The lowest BCUT2D eigenvalue weighted by Crippen LogP contribution is -2.38. The molecular weight excluding hydrogens is 298 g/mol. The monoisotopic (exact) mass is 313 g/mol. The molecule has 0 unspecified atom stereocenters. The normalized spacial score (nSPS) is 10.8. The van der Waals surface area contributed by atoms with E-state index in [4.69, 9.17) is 5.26 Å². The number of aromatic nitrogens is 2. The average molecular weight is 313 g/mol. The molecule has 23 heavy (non-hydrogen) atoms. The summed E-state index contributed by atoms with van der Waals surface area (Å²) < 4.78 is 2.04. The van der Waals surface area contributed by atoms with Crippen LogP contribution in [0.4, 0.5) is 11.4 Å². The fraction of sp³-hybridized carbons (Fsp3) is 0.267. The average Bonchev–Trinajstić information content (AvgIpc) is 2.56. The quantitative estimate of drug-likeness (QED) is 0.870. The van der Waals surface area contributed by atoms with Crippen molar-refractivity contribution in [2.24, 2.45) is 10.2 Å². The summed E-state index contributed by atoms with van der Waals surface area (Å²) >= 11 is 0. The highest BCUT2D eigenvalue weighted by molar-refractivity contribution is 5.46. The van der Waals surface area contributed by atoms with E-state index in [1.54, 1.807) is 38.1 Å². The second kappa shape index (κ2) is 6.70. The molecule has 118 valence electrons. The zero-order valence-corrected chi connectivity index (χ0v) is 12.7. The van der Waals surface area contributed by atoms with Gasteiger partial charge in [-0.1, -0.05) is 0 Å². The molecule has 0 radical (unpaired) electrons. The Bertz CT molecular complexity index is 901. The zero-order chi connectivity index (χ0) is 17.0. The third-order valence-electron chi connectivity index (χ3n) is 3.27. The van der Waals surface area contributed by atoms with Gasteiger partial charge in [-0.2, -0.15) is 10.4 Å². The first-order valence-corrected chi connectivity index (χ1v) is 7.02. The van der Waals surface area contributed by atoms with Crippen molar-refractivity contribution in [1.29, 1.82) is 5.26 Å². The van der Waals surface area contributed by atoms with Crippen LogP contribution in [0.3, 0.4) is 0 Å². The van der Waals surface area contributed by atoms with Gasteiger partial charge in [-0.25, -0.2) is 4.79 Å². The minimum absolute atomic E-state index is 0.164. The maximum absolute atomic E-state index is 12.2. The van der Waals surface area contributed by atoms with Gasteiger partial charge in [0.05, 0.1) is 17.3 Å². The number of nitriles is 1. The SMILES string of the molecule is CCn1c(O)c(N=Nc2ccc(C#N)cc2)c(=O)n(CC)c1=O. The standard InChI is InChI=1S/C15H15N5O3/c1-3-19-13(21)12(14(22)20(4-2)15(19)23)18-17-11-7-5-10(9-16)6-8-11/h5-8,21H,3-4H2,1-2H3. The minimum atomic E-state index is -0.697. The van der Waals surface area contributed by atoms with Crippen molar-refractivity contribution in [2.75, 3.05) is 0 Å². The van der Waals surface area contributed by atoms with Gasteiger partial charge in [-0.3, -0.25) is 13.9 Å². The molecule has 0 aliphatic heterocycles. The lowest BCUT2D eigenvalue weighted by atomic mass is 10.2. The number of azo groups is 1. The van der Waals surface area contributed by atoms with Crippen LogP contribution in [0.15, 0.2) is 44.1 Å². The van der Waals surface area contributed by atoms with E-state index in [1.807, 2.05) is 6.07 Å². The molecule has 0 fully saturated rings. The number of aromatic hydroxyl groups is 1. The number of rotatable bonds is 4. The second-order valence-electron chi connectivity index (χ2n) is 4.61. The van der Waals surface area contributed by atoms with Crippen molar-refractivity contribution in [1.82, 2.24) is 9.13 Å². The highest BCUT2D eigenvalue weighted by Gasteiger charge is 2.16. The lowest BCUT2D eigenvalue weighted by Gasteiger charge is -2.10. The van der Waals surface area contributed by atoms with Crippen molar-refractivity contribution in [3.63, 3.8) is 0 Å². The van der Waals surface area contributed by atoms with Gasteiger partial charge in [0, 0.05) is 13.1 Å². The maximum Gasteiger partial charge on any atom is 0.333 e. The highest BCUT2D eigenvalue weighted by Crippen LogP contribution is 2.23. The summed E-state index contributed by atoms with van der Waals surface area (Å²) in [5.74, 6) is -0.510. The minimum Gasteiger partial charge on any atom is -0.493 e. The Morgan fingerprint density at radius 3 is 2.22 bits per heavy atom. The van der Waals surface area contributed by atoms with Crippen LogP contribution in [-0.2, 0) is 13.1 Å². The predicted molar refractivity (Wildman–Crippen MR) is 83.3 cm³/mol. The summed E-state index contributed by atoms with van der Waals surface area (Å²) in [6, 6.07) is 8.23. The van der Waals surface area contributed by atoms with E-state index in [9.17, 15) is 14.7 Å². The Labute approximate surface area is 131 Å². The van der Waals surface area contributed by atoms with E-state index in [-0.39, 0.29) is 18.8 Å². The molecule has 1 heterocycles. The Kier molecular flexibility index (Phi) is 4.71. The van der Waals surface area contributed by atoms with E-state index in [2.05, 4.69) is 10.2 Å². The van der Waals surface area contributed by atoms with Crippen LogP contribution in [-0.4, -0.2) is 14.2 Å². The van der Waals surface area contributed by atoms with Gasteiger partial charge in [0.25, 0.3) is 5.56 Å². The van der Waals surface area contributed by atoms with Crippen LogP contribution in [0.2, 0.25) is 0 Å². The van der Waals surface area contributed by atoms with E-state index in [0.717, 1.165) is 9.13 Å². The summed E-state index contributed by atoms with van der Waals surface area (Å²) in [4.78, 5) is 24.3. The van der Waals surface area contributed by atoms with Gasteiger partial charge in [-0.05, 0) is 38.1 Å². The Balaban J connectivity index is 2.54. The molecule has 2 aromatic rings. The molecule has 0 saturated heterocycles. The number of hydrogen-bond donors (Lipinski definition) is 1. The van der Waals surface area contributed by atoms with Gasteiger partial charge in [0.1, 0.15) is 0 Å². The molecule has 1 aromatic heterocycles. The Morgan fingerprint density at radius 1 is 1.09 bits per heavy atom. The smallest absolute Gasteiger partial charge is 0.333 e. The summed E-state index contributed by atoms with van der Waals surface area (Å²) in [5, 5.41) is 26.5. The van der Waals surface area contributed by atoms with Crippen LogP contribution in [0.1, 0.15) is 19.4 Å². The molecule has 0 spiro atoms. The molecule has 0 bridgehead atoms. The van der Waals surface area contributed by atoms with Crippen molar-refractivity contribution in [3.05, 3.63) is 50.7 Å². The first-order valence-electron chi connectivity index (χ1n) is 7.02. The van der Waals surface area contributed by atoms with E-state index < -0.39 is 17.1 Å². The highest BCUT2D eigenvalue weighted by atomic mass is 16.3. The van der Waals surface area contributed by atoms with Gasteiger partial charge >= 0.3 is 5.69 Å². The number of nitrogens with zero attached hydrogens (tertiary/aromatic N) is 5. The fourth-order valence-electron chi connectivity index (χ4n) is 2.04. The summed E-state index contributed by atoms with van der Waals surface area (Å²) in [5.41, 5.74) is -0.690. The molecule has 0 aliphatic carbocycles. The Hall–Kier alpha value is -3.21. The number of benzene rings is 1. The summed E-state index contributed by atoms with van der Waals surface area (Å²) in [6.07, 6.45) is 0. The van der Waals surface area contributed by atoms with Crippen molar-refractivity contribution in [3.8, 4) is 11.9 Å². The van der Waals surface area contributed by atoms with Gasteiger partial charge in [0.15, 0.2) is 0 Å². The van der Waals surface area contributed by atoms with Crippen molar-refractivity contribution < 1.29 is 5.11 Å². The second-order valence-corrected chi connectivity index (χ2v) is 4.61. The molecule has 0 atom stereocenters. The Morgan fingerprint density at radius 2 is 1.70 bits per heavy atom. The molecule has 0 saturated carbocycles. The third-order valence-corrected chi connectivity index (χ3v) is 3.27.